The Morgan fingerprint density at radius 2 is 1.91 bits per heavy atom. The molecule has 0 amide bonds. The van der Waals surface area contributed by atoms with Gasteiger partial charge >= 0.3 is 0 Å². The summed E-state index contributed by atoms with van der Waals surface area (Å²) in [5.74, 6) is 0.920. The summed E-state index contributed by atoms with van der Waals surface area (Å²) in [6.45, 7) is 12.8. The summed E-state index contributed by atoms with van der Waals surface area (Å²) in [6, 6.07) is 10.8. The number of halogens is 1. The normalized spacial score (nSPS) is 19.6. The predicted octanol–water partition coefficient (Wildman–Crippen LogP) is 2.96. The SMILES string of the molecule is CCNC(=NCCCOC1CCOC1)NCCCCN1CCN(c2ccccc2)CC1.I. The molecule has 7 nitrogen and oxygen atoms in total. The van der Waals surface area contributed by atoms with Crippen LogP contribution in [0.25, 0.3) is 0 Å². The molecule has 2 aliphatic rings. The molecule has 182 valence electrons. The van der Waals surface area contributed by atoms with Crippen LogP contribution >= 0.6 is 24.0 Å². The van der Waals surface area contributed by atoms with Gasteiger partial charge in [0.1, 0.15) is 0 Å². The minimum Gasteiger partial charge on any atom is -0.379 e. The van der Waals surface area contributed by atoms with Crippen molar-refractivity contribution in [2.45, 2.75) is 38.7 Å². The van der Waals surface area contributed by atoms with Gasteiger partial charge in [-0.15, -0.1) is 24.0 Å². The Hall–Kier alpha value is -1.10. The lowest BCUT2D eigenvalue weighted by atomic mass is 10.2. The van der Waals surface area contributed by atoms with Gasteiger partial charge in [0.2, 0.25) is 0 Å². The second-order valence-electron chi connectivity index (χ2n) is 8.27. The van der Waals surface area contributed by atoms with E-state index in [0.29, 0.717) is 0 Å². The third-order valence-corrected chi connectivity index (χ3v) is 5.85. The van der Waals surface area contributed by atoms with E-state index in [0.717, 1.165) is 90.9 Å². The molecule has 3 rings (SSSR count). The number of hydrogen-bond acceptors (Lipinski definition) is 5. The first-order valence-electron chi connectivity index (χ1n) is 12.1. The number of piperazine rings is 1. The van der Waals surface area contributed by atoms with Gasteiger partial charge in [0.05, 0.1) is 12.7 Å². The van der Waals surface area contributed by atoms with Crippen LogP contribution in [-0.2, 0) is 9.47 Å². The van der Waals surface area contributed by atoms with Crippen LogP contribution < -0.4 is 15.5 Å². The molecule has 1 aromatic rings. The summed E-state index contributed by atoms with van der Waals surface area (Å²) in [5.41, 5.74) is 1.35. The number of nitrogens with zero attached hydrogens (tertiary/aromatic N) is 3. The van der Waals surface area contributed by atoms with Crippen molar-refractivity contribution in [3.63, 3.8) is 0 Å². The van der Waals surface area contributed by atoms with Crippen LogP contribution in [0.1, 0.15) is 32.6 Å². The average molecular weight is 560 g/mol. The van der Waals surface area contributed by atoms with Gasteiger partial charge in [0.15, 0.2) is 5.96 Å². The van der Waals surface area contributed by atoms with Crippen LogP contribution in [0, 0.1) is 0 Å². The van der Waals surface area contributed by atoms with Gasteiger partial charge in [-0.25, -0.2) is 0 Å². The Balaban J connectivity index is 0.00000363. The summed E-state index contributed by atoms with van der Waals surface area (Å²) >= 11 is 0. The molecule has 8 heteroatoms. The summed E-state index contributed by atoms with van der Waals surface area (Å²) < 4.78 is 11.1. The number of unbranched alkanes of at least 4 members (excludes halogenated alkanes) is 1. The fraction of sp³-hybridized carbons (Fsp3) is 0.708. The maximum Gasteiger partial charge on any atom is 0.191 e. The predicted molar refractivity (Wildman–Crippen MR) is 144 cm³/mol. The minimum absolute atomic E-state index is 0. The summed E-state index contributed by atoms with van der Waals surface area (Å²) in [7, 11) is 0. The zero-order valence-corrected chi connectivity index (χ0v) is 22.0. The molecule has 2 aliphatic heterocycles. The van der Waals surface area contributed by atoms with Gasteiger partial charge in [0.25, 0.3) is 0 Å². The van der Waals surface area contributed by atoms with Crippen molar-refractivity contribution >= 4 is 35.6 Å². The molecule has 0 aromatic heterocycles. The number of nitrogens with one attached hydrogen (secondary N) is 2. The van der Waals surface area contributed by atoms with Crippen molar-refractivity contribution in [2.24, 2.45) is 4.99 Å². The summed E-state index contributed by atoms with van der Waals surface area (Å²) in [5, 5.41) is 6.81. The van der Waals surface area contributed by atoms with Crippen molar-refractivity contribution in [2.75, 3.05) is 77.1 Å². The molecule has 0 aliphatic carbocycles. The van der Waals surface area contributed by atoms with E-state index in [2.05, 4.69) is 62.7 Å². The third kappa shape index (κ3) is 10.2. The monoisotopic (exact) mass is 559 g/mol. The smallest absolute Gasteiger partial charge is 0.191 e. The highest BCUT2D eigenvalue weighted by Gasteiger charge is 2.16. The first-order chi connectivity index (χ1) is 15.3. The van der Waals surface area contributed by atoms with Crippen molar-refractivity contribution in [3.05, 3.63) is 30.3 Å². The summed E-state index contributed by atoms with van der Waals surface area (Å²) in [6.07, 6.45) is 4.64. The molecule has 32 heavy (non-hydrogen) atoms. The van der Waals surface area contributed by atoms with E-state index in [9.17, 15) is 0 Å². The Morgan fingerprint density at radius 3 is 2.62 bits per heavy atom. The van der Waals surface area contributed by atoms with Crippen molar-refractivity contribution in [1.29, 1.82) is 0 Å². The Labute approximate surface area is 211 Å². The van der Waals surface area contributed by atoms with Crippen LogP contribution in [0.3, 0.4) is 0 Å². The molecule has 0 bridgehead atoms. The van der Waals surface area contributed by atoms with E-state index >= 15 is 0 Å². The molecule has 0 spiro atoms. The molecule has 2 saturated heterocycles. The Kier molecular flexibility index (Phi) is 14.0. The van der Waals surface area contributed by atoms with Gasteiger partial charge in [-0.2, -0.15) is 0 Å². The zero-order valence-electron chi connectivity index (χ0n) is 19.6. The van der Waals surface area contributed by atoms with E-state index in [1.165, 1.54) is 18.7 Å². The van der Waals surface area contributed by atoms with Gasteiger partial charge in [-0.1, -0.05) is 18.2 Å². The third-order valence-electron chi connectivity index (χ3n) is 5.85. The number of hydrogen-bond donors (Lipinski definition) is 2. The average Bonchev–Trinajstić information content (AvgIpc) is 3.33. The highest BCUT2D eigenvalue weighted by Crippen LogP contribution is 2.15. The molecule has 1 unspecified atom stereocenters. The number of aliphatic imine (C=N–C) groups is 1. The van der Waals surface area contributed by atoms with Gasteiger partial charge in [-0.3, -0.25) is 9.89 Å². The van der Waals surface area contributed by atoms with Gasteiger partial charge in [-0.05, 0) is 51.3 Å². The van der Waals surface area contributed by atoms with Gasteiger partial charge < -0.3 is 25.0 Å². The zero-order chi connectivity index (χ0) is 21.6. The molecular weight excluding hydrogens is 517 g/mol. The van der Waals surface area contributed by atoms with E-state index in [1.54, 1.807) is 0 Å². The number of ether oxygens (including phenoxy) is 2. The lowest BCUT2D eigenvalue weighted by Crippen LogP contribution is -2.46. The quantitative estimate of drug-likeness (QED) is 0.178. The number of anilines is 1. The van der Waals surface area contributed by atoms with Crippen LogP contribution in [0.2, 0.25) is 0 Å². The molecule has 1 atom stereocenters. The minimum atomic E-state index is 0. The molecule has 1 aromatic carbocycles. The Bertz CT molecular complexity index is 620. The van der Waals surface area contributed by atoms with E-state index in [4.69, 9.17) is 9.47 Å². The van der Waals surface area contributed by atoms with Crippen molar-refractivity contribution in [3.8, 4) is 0 Å². The Morgan fingerprint density at radius 1 is 1.09 bits per heavy atom. The van der Waals surface area contributed by atoms with Crippen LogP contribution in [0.5, 0.6) is 0 Å². The lowest BCUT2D eigenvalue weighted by Gasteiger charge is -2.36. The van der Waals surface area contributed by atoms with E-state index in [1.807, 2.05) is 0 Å². The van der Waals surface area contributed by atoms with E-state index in [-0.39, 0.29) is 30.1 Å². The standard InChI is InChI=1S/C24H41N5O2.HI/c1-2-25-24(27-13-8-19-31-23-11-20-30-21-23)26-12-6-7-14-28-15-17-29(18-16-28)22-9-4-3-5-10-22;/h3-5,9-10,23H,2,6-8,11-21H2,1H3,(H2,25,26,27);1H. The molecule has 2 N–H and O–H groups in total. The molecule has 2 fully saturated rings. The molecule has 2 heterocycles. The van der Waals surface area contributed by atoms with Crippen LogP contribution in [0.4, 0.5) is 5.69 Å². The molecular formula is C24H42IN5O2. The molecule has 0 saturated carbocycles. The number of rotatable bonds is 12. The molecule has 0 radical (unpaired) electrons. The fourth-order valence-electron chi connectivity index (χ4n) is 4.03. The van der Waals surface area contributed by atoms with Crippen molar-refractivity contribution < 1.29 is 9.47 Å². The maximum atomic E-state index is 5.80. The largest absolute Gasteiger partial charge is 0.379 e. The van der Waals surface area contributed by atoms with Crippen LogP contribution in [-0.4, -0.2) is 89.1 Å². The maximum absolute atomic E-state index is 5.80. The lowest BCUT2D eigenvalue weighted by molar-refractivity contribution is 0.0424. The second kappa shape index (κ2) is 16.5. The van der Waals surface area contributed by atoms with E-state index < -0.39 is 0 Å². The highest BCUT2D eigenvalue weighted by molar-refractivity contribution is 14.0. The highest BCUT2D eigenvalue weighted by atomic mass is 127. The number of para-hydroxylation sites is 1. The second-order valence-corrected chi connectivity index (χ2v) is 8.27. The summed E-state index contributed by atoms with van der Waals surface area (Å²) in [4.78, 5) is 9.75. The fourth-order valence-corrected chi connectivity index (χ4v) is 4.03. The first-order valence-corrected chi connectivity index (χ1v) is 12.1. The first kappa shape index (κ1) is 27.1. The van der Waals surface area contributed by atoms with Crippen molar-refractivity contribution in [1.82, 2.24) is 15.5 Å². The topological polar surface area (TPSA) is 61.4 Å². The number of guanidine groups is 1. The number of benzene rings is 1. The van der Waals surface area contributed by atoms with Gasteiger partial charge in [0, 0.05) is 64.7 Å². The van der Waals surface area contributed by atoms with Crippen LogP contribution in [0.15, 0.2) is 35.3 Å².